The third kappa shape index (κ3) is 6.98. The molecule has 1 rings (SSSR count). The lowest BCUT2D eigenvalue weighted by atomic mass is 10.1. The Morgan fingerprint density at radius 1 is 1.20 bits per heavy atom. The zero-order valence-electron chi connectivity index (χ0n) is 10.9. The van der Waals surface area contributed by atoms with Gasteiger partial charge in [0.15, 0.2) is 0 Å². The number of hydrogen-bond acceptors (Lipinski definition) is 3. The van der Waals surface area contributed by atoms with Gasteiger partial charge in [-0.1, -0.05) is 17.7 Å². The van der Waals surface area contributed by atoms with Crippen molar-refractivity contribution in [2.75, 3.05) is 26.4 Å². The number of rotatable bonds is 8. The highest BCUT2D eigenvalue weighted by Gasteiger charge is 2.27. The second-order valence-electron chi connectivity index (χ2n) is 4.17. The minimum absolute atomic E-state index is 0.0115. The van der Waals surface area contributed by atoms with E-state index in [2.05, 4.69) is 4.74 Å². The van der Waals surface area contributed by atoms with Gasteiger partial charge in [0.2, 0.25) is 0 Å². The van der Waals surface area contributed by atoms with Gasteiger partial charge in [-0.2, -0.15) is 13.2 Å². The molecule has 20 heavy (non-hydrogen) atoms. The normalized spacial score (nSPS) is 11.7. The molecule has 2 N–H and O–H groups in total. The maximum atomic E-state index is 11.8. The zero-order valence-corrected chi connectivity index (χ0v) is 11.6. The molecule has 0 saturated heterocycles. The summed E-state index contributed by atoms with van der Waals surface area (Å²) in [5, 5.41) is 0.465. The second-order valence-corrected chi connectivity index (χ2v) is 4.58. The standard InChI is InChI=1S/C13H17ClF3NO2/c14-11-8-10(4-5-18)2-3-12(11)20-7-1-6-19-9-13(15,16)17/h2-3,8H,1,4-7,9,18H2. The molecule has 0 aromatic heterocycles. The molecule has 0 atom stereocenters. The van der Waals surface area contributed by atoms with Crippen LogP contribution in [0.2, 0.25) is 5.02 Å². The molecule has 1 aromatic rings. The van der Waals surface area contributed by atoms with Gasteiger partial charge in [-0.15, -0.1) is 0 Å². The minimum atomic E-state index is -4.29. The Hall–Kier alpha value is -0.980. The van der Waals surface area contributed by atoms with Crippen LogP contribution in [0.5, 0.6) is 5.75 Å². The molecule has 0 saturated carbocycles. The van der Waals surface area contributed by atoms with E-state index in [-0.39, 0.29) is 13.2 Å². The van der Waals surface area contributed by atoms with Crippen LogP contribution >= 0.6 is 11.6 Å². The van der Waals surface area contributed by atoms with Crippen LogP contribution in [0, 0.1) is 0 Å². The molecule has 0 amide bonds. The van der Waals surface area contributed by atoms with Gasteiger partial charge < -0.3 is 15.2 Å². The Balaban J connectivity index is 2.25. The van der Waals surface area contributed by atoms with Crippen molar-refractivity contribution in [2.45, 2.75) is 19.0 Å². The van der Waals surface area contributed by atoms with E-state index in [1.165, 1.54) is 0 Å². The van der Waals surface area contributed by atoms with Crippen LogP contribution in [0.4, 0.5) is 13.2 Å². The lowest BCUT2D eigenvalue weighted by molar-refractivity contribution is -0.174. The molecule has 0 aliphatic heterocycles. The van der Waals surface area contributed by atoms with Crippen molar-refractivity contribution in [3.05, 3.63) is 28.8 Å². The van der Waals surface area contributed by atoms with Gasteiger partial charge in [0.25, 0.3) is 0 Å². The first kappa shape index (κ1) is 17.1. The molecule has 0 fully saturated rings. The van der Waals surface area contributed by atoms with E-state index in [9.17, 15) is 13.2 Å². The first-order chi connectivity index (χ1) is 9.42. The highest BCUT2D eigenvalue weighted by atomic mass is 35.5. The number of benzene rings is 1. The lowest BCUT2D eigenvalue weighted by Crippen LogP contribution is -2.18. The Labute approximate surface area is 120 Å². The van der Waals surface area contributed by atoms with Crippen molar-refractivity contribution in [3.8, 4) is 5.75 Å². The third-order valence-corrected chi connectivity index (χ3v) is 2.68. The molecular formula is C13H17ClF3NO2. The molecule has 0 unspecified atom stereocenters. The summed E-state index contributed by atoms with van der Waals surface area (Å²) >= 11 is 6.02. The molecule has 0 radical (unpaired) electrons. The summed E-state index contributed by atoms with van der Waals surface area (Å²) in [4.78, 5) is 0. The van der Waals surface area contributed by atoms with E-state index < -0.39 is 12.8 Å². The van der Waals surface area contributed by atoms with E-state index in [0.29, 0.717) is 23.7 Å². The van der Waals surface area contributed by atoms with Crippen molar-refractivity contribution in [3.63, 3.8) is 0 Å². The molecule has 7 heteroatoms. The van der Waals surface area contributed by atoms with Gasteiger partial charge in [-0.25, -0.2) is 0 Å². The fraction of sp³-hybridized carbons (Fsp3) is 0.538. The molecule has 114 valence electrons. The number of ether oxygens (including phenoxy) is 2. The molecule has 1 aromatic carbocycles. The van der Waals surface area contributed by atoms with E-state index in [4.69, 9.17) is 22.1 Å². The van der Waals surface area contributed by atoms with Gasteiger partial charge in [0.05, 0.1) is 18.2 Å². The molecule has 0 aliphatic rings. The van der Waals surface area contributed by atoms with Crippen LogP contribution in [0.3, 0.4) is 0 Å². The van der Waals surface area contributed by atoms with Crippen molar-refractivity contribution in [2.24, 2.45) is 5.73 Å². The van der Waals surface area contributed by atoms with Crippen LogP contribution in [0.25, 0.3) is 0 Å². The maximum absolute atomic E-state index is 11.8. The van der Waals surface area contributed by atoms with Gasteiger partial charge in [0, 0.05) is 6.42 Å². The van der Waals surface area contributed by atoms with Crippen LogP contribution in [0.1, 0.15) is 12.0 Å². The number of nitrogens with two attached hydrogens (primary N) is 1. The first-order valence-corrected chi connectivity index (χ1v) is 6.56. The number of alkyl halides is 3. The lowest BCUT2D eigenvalue weighted by Gasteiger charge is -2.10. The van der Waals surface area contributed by atoms with Crippen LogP contribution < -0.4 is 10.5 Å². The average molecular weight is 312 g/mol. The zero-order chi connectivity index (χ0) is 15.0. The van der Waals surface area contributed by atoms with E-state index in [1.54, 1.807) is 12.1 Å². The minimum Gasteiger partial charge on any atom is -0.492 e. The van der Waals surface area contributed by atoms with Crippen LogP contribution in [-0.4, -0.2) is 32.5 Å². The smallest absolute Gasteiger partial charge is 0.411 e. The molecule has 0 spiro atoms. The van der Waals surface area contributed by atoms with Crippen molar-refractivity contribution in [1.82, 2.24) is 0 Å². The summed E-state index contributed by atoms with van der Waals surface area (Å²) in [6.45, 7) is -0.467. The first-order valence-electron chi connectivity index (χ1n) is 6.18. The third-order valence-electron chi connectivity index (χ3n) is 2.39. The molecule has 0 bridgehead atoms. The Kier molecular flexibility index (Phi) is 7.12. The van der Waals surface area contributed by atoms with Crippen LogP contribution in [0.15, 0.2) is 18.2 Å². The van der Waals surface area contributed by atoms with Crippen molar-refractivity contribution >= 4 is 11.6 Å². The SMILES string of the molecule is NCCc1ccc(OCCCOCC(F)(F)F)c(Cl)c1. The summed E-state index contributed by atoms with van der Waals surface area (Å²) in [6, 6.07) is 5.35. The van der Waals surface area contributed by atoms with Gasteiger partial charge in [-0.05, 0) is 30.7 Å². The molecular weight excluding hydrogens is 295 g/mol. The molecule has 0 aliphatic carbocycles. The van der Waals surface area contributed by atoms with E-state index in [1.807, 2.05) is 6.07 Å². The predicted molar refractivity (Wildman–Crippen MR) is 71.2 cm³/mol. The quantitative estimate of drug-likeness (QED) is 0.750. The van der Waals surface area contributed by atoms with Gasteiger partial charge >= 0.3 is 6.18 Å². The second kappa shape index (κ2) is 8.34. The summed E-state index contributed by atoms with van der Waals surface area (Å²) in [7, 11) is 0. The Bertz CT molecular complexity index is 413. The Morgan fingerprint density at radius 3 is 2.55 bits per heavy atom. The predicted octanol–water partition coefficient (Wildman–Crippen LogP) is 3.19. The van der Waals surface area contributed by atoms with Gasteiger partial charge in [0.1, 0.15) is 12.4 Å². The molecule has 3 nitrogen and oxygen atoms in total. The number of hydrogen-bond donors (Lipinski definition) is 1. The van der Waals surface area contributed by atoms with Crippen molar-refractivity contribution in [1.29, 1.82) is 0 Å². The fourth-order valence-electron chi connectivity index (χ4n) is 1.51. The topological polar surface area (TPSA) is 44.5 Å². The van der Waals surface area contributed by atoms with Crippen LogP contribution in [-0.2, 0) is 11.2 Å². The fourth-order valence-corrected chi connectivity index (χ4v) is 1.77. The largest absolute Gasteiger partial charge is 0.492 e. The Morgan fingerprint density at radius 2 is 1.95 bits per heavy atom. The summed E-state index contributed by atoms with van der Waals surface area (Å²) in [5.74, 6) is 0.503. The van der Waals surface area contributed by atoms with Gasteiger partial charge in [-0.3, -0.25) is 0 Å². The maximum Gasteiger partial charge on any atom is 0.411 e. The van der Waals surface area contributed by atoms with E-state index in [0.717, 1.165) is 12.0 Å². The summed E-state index contributed by atoms with van der Waals surface area (Å²) in [6.07, 6.45) is -3.20. The summed E-state index contributed by atoms with van der Waals surface area (Å²) in [5.41, 5.74) is 6.45. The highest BCUT2D eigenvalue weighted by molar-refractivity contribution is 6.32. The van der Waals surface area contributed by atoms with Crippen molar-refractivity contribution < 1.29 is 22.6 Å². The monoisotopic (exact) mass is 311 g/mol. The average Bonchev–Trinajstić information content (AvgIpc) is 2.35. The highest BCUT2D eigenvalue weighted by Crippen LogP contribution is 2.25. The number of halogens is 4. The van der Waals surface area contributed by atoms with E-state index >= 15 is 0 Å². The molecule has 0 heterocycles. The summed E-state index contributed by atoms with van der Waals surface area (Å²) < 4.78 is 45.2.